The minimum absolute atomic E-state index is 0.0716. The van der Waals surface area contributed by atoms with Crippen LogP contribution in [0.5, 0.6) is 11.5 Å². The summed E-state index contributed by atoms with van der Waals surface area (Å²) in [6, 6.07) is 5.73. The van der Waals surface area contributed by atoms with E-state index in [-0.39, 0.29) is 17.9 Å². The molecule has 7 nitrogen and oxygen atoms in total. The van der Waals surface area contributed by atoms with E-state index < -0.39 is 5.54 Å². The maximum atomic E-state index is 13.9. The maximum absolute atomic E-state index is 13.9. The van der Waals surface area contributed by atoms with E-state index in [1.165, 1.54) is 6.42 Å². The highest BCUT2D eigenvalue weighted by molar-refractivity contribution is 6.05. The molecule has 0 saturated heterocycles. The number of aromatic nitrogens is 1. The molecule has 0 bridgehead atoms. The number of carbonyl (C=O) groups is 2. The highest BCUT2D eigenvalue weighted by Gasteiger charge is 2.48. The van der Waals surface area contributed by atoms with Crippen molar-refractivity contribution in [2.75, 3.05) is 20.8 Å². The maximum Gasteiger partial charge on any atom is 0.271 e. The molecule has 2 aliphatic rings. The molecule has 1 fully saturated rings. The minimum Gasteiger partial charge on any atom is -0.496 e. The summed E-state index contributed by atoms with van der Waals surface area (Å²) in [6.45, 7) is 9.31. The Morgan fingerprint density at radius 1 is 1.18 bits per heavy atom. The van der Waals surface area contributed by atoms with Gasteiger partial charge in [0.15, 0.2) is 0 Å². The monoisotopic (exact) mass is 469 g/mol. The van der Waals surface area contributed by atoms with E-state index in [1.807, 2.05) is 29.7 Å². The lowest BCUT2D eigenvalue weighted by atomic mass is 9.85. The van der Waals surface area contributed by atoms with Crippen molar-refractivity contribution >= 4 is 22.7 Å². The third-order valence-electron chi connectivity index (χ3n) is 7.79. The molecule has 34 heavy (non-hydrogen) atoms. The molecule has 2 aromatic rings. The van der Waals surface area contributed by atoms with Gasteiger partial charge in [0.25, 0.3) is 5.91 Å². The molecule has 4 rings (SSSR count). The average molecular weight is 470 g/mol. The summed E-state index contributed by atoms with van der Waals surface area (Å²) < 4.78 is 13.2. The SMILES string of the molecule is COc1ccc(OC)c2c1cc1n2CC(C)(C(=O)NC2CCCCC2C)N(CCC(C)C)C1=O. The first-order valence-electron chi connectivity index (χ1n) is 12.6. The van der Waals surface area contributed by atoms with Crippen LogP contribution in [-0.2, 0) is 11.3 Å². The second-order valence-corrected chi connectivity index (χ2v) is 10.6. The summed E-state index contributed by atoms with van der Waals surface area (Å²) in [5, 5.41) is 4.16. The molecule has 0 spiro atoms. The Labute approximate surface area is 202 Å². The Balaban J connectivity index is 1.80. The zero-order valence-corrected chi connectivity index (χ0v) is 21.4. The first-order valence-corrected chi connectivity index (χ1v) is 12.6. The second-order valence-electron chi connectivity index (χ2n) is 10.6. The van der Waals surface area contributed by atoms with Gasteiger partial charge in [0, 0.05) is 18.0 Å². The van der Waals surface area contributed by atoms with Crippen LogP contribution in [0.25, 0.3) is 10.9 Å². The van der Waals surface area contributed by atoms with Gasteiger partial charge >= 0.3 is 0 Å². The number of hydrogen-bond acceptors (Lipinski definition) is 4. The van der Waals surface area contributed by atoms with Crippen molar-refractivity contribution in [3.05, 3.63) is 23.9 Å². The summed E-state index contributed by atoms with van der Waals surface area (Å²) in [4.78, 5) is 29.6. The van der Waals surface area contributed by atoms with Crippen molar-refractivity contribution in [3.63, 3.8) is 0 Å². The Morgan fingerprint density at radius 2 is 1.85 bits per heavy atom. The molecule has 7 heteroatoms. The van der Waals surface area contributed by atoms with Crippen molar-refractivity contribution in [1.29, 1.82) is 0 Å². The average Bonchev–Trinajstić information content (AvgIpc) is 3.19. The topological polar surface area (TPSA) is 72.8 Å². The van der Waals surface area contributed by atoms with E-state index in [0.29, 0.717) is 42.1 Å². The fourth-order valence-electron chi connectivity index (χ4n) is 5.55. The lowest BCUT2D eigenvalue weighted by molar-refractivity contribution is -0.134. The van der Waals surface area contributed by atoms with Crippen LogP contribution in [0.15, 0.2) is 18.2 Å². The Kier molecular flexibility index (Phi) is 6.83. The van der Waals surface area contributed by atoms with Gasteiger partial charge in [-0.15, -0.1) is 0 Å². The van der Waals surface area contributed by atoms with Crippen LogP contribution in [0.4, 0.5) is 0 Å². The van der Waals surface area contributed by atoms with Crippen molar-refractivity contribution in [2.24, 2.45) is 11.8 Å². The largest absolute Gasteiger partial charge is 0.496 e. The van der Waals surface area contributed by atoms with Gasteiger partial charge in [-0.25, -0.2) is 0 Å². The summed E-state index contributed by atoms with van der Waals surface area (Å²) in [5.74, 6) is 2.01. The lowest BCUT2D eigenvalue weighted by Crippen LogP contribution is -2.65. The number of rotatable bonds is 7. The summed E-state index contributed by atoms with van der Waals surface area (Å²) in [5.41, 5.74) is 0.354. The van der Waals surface area contributed by atoms with E-state index in [0.717, 1.165) is 36.6 Å². The Bertz CT molecular complexity index is 1080. The Morgan fingerprint density at radius 3 is 2.50 bits per heavy atom. The summed E-state index contributed by atoms with van der Waals surface area (Å²) >= 11 is 0. The number of fused-ring (bicyclic) bond motifs is 3. The fraction of sp³-hybridized carbons (Fsp3) is 0.630. The predicted molar refractivity (Wildman–Crippen MR) is 134 cm³/mol. The molecule has 1 aliphatic carbocycles. The van der Waals surface area contributed by atoms with Crippen LogP contribution in [0.2, 0.25) is 0 Å². The van der Waals surface area contributed by atoms with Crippen LogP contribution < -0.4 is 14.8 Å². The molecule has 1 aliphatic heterocycles. The zero-order valence-electron chi connectivity index (χ0n) is 21.4. The number of ether oxygens (including phenoxy) is 2. The van der Waals surface area contributed by atoms with Crippen LogP contribution in [0.3, 0.4) is 0 Å². The minimum atomic E-state index is -1.00. The van der Waals surface area contributed by atoms with Gasteiger partial charge < -0.3 is 24.3 Å². The van der Waals surface area contributed by atoms with Crippen LogP contribution in [0, 0.1) is 11.8 Å². The second kappa shape index (κ2) is 9.51. The third kappa shape index (κ3) is 4.14. The lowest BCUT2D eigenvalue weighted by Gasteiger charge is -2.45. The standard InChI is InChI=1S/C27H39N3O4/c1-17(2)13-14-30-25(31)21-15-19-22(33-5)11-12-23(34-6)24(19)29(21)16-27(30,4)26(32)28-20-10-8-7-9-18(20)3/h11-12,15,17-18,20H,7-10,13-14,16H2,1-6H3,(H,28,32). The molecule has 0 radical (unpaired) electrons. The summed E-state index contributed by atoms with van der Waals surface area (Å²) in [6.07, 6.45) is 5.30. The van der Waals surface area contributed by atoms with Gasteiger partial charge in [0.05, 0.1) is 26.3 Å². The van der Waals surface area contributed by atoms with Gasteiger partial charge in [-0.3, -0.25) is 9.59 Å². The van der Waals surface area contributed by atoms with E-state index in [9.17, 15) is 9.59 Å². The van der Waals surface area contributed by atoms with Crippen LogP contribution >= 0.6 is 0 Å². The van der Waals surface area contributed by atoms with E-state index in [1.54, 1.807) is 19.1 Å². The number of nitrogens with zero attached hydrogens (tertiary/aromatic N) is 2. The number of amides is 2. The van der Waals surface area contributed by atoms with Crippen molar-refractivity contribution < 1.29 is 19.1 Å². The molecule has 1 aromatic heterocycles. The highest BCUT2D eigenvalue weighted by atomic mass is 16.5. The van der Waals surface area contributed by atoms with Gasteiger partial charge in [0.1, 0.15) is 22.7 Å². The number of hydrogen-bond donors (Lipinski definition) is 1. The smallest absolute Gasteiger partial charge is 0.271 e. The number of methoxy groups -OCH3 is 2. The molecule has 2 heterocycles. The summed E-state index contributed by atoms with van der Waals surface area (Å²) in [7, 11) is 3.24. The third-order valence-corrected chi connectivity index (χ3v) is 7.79. The molecule has 186 valence electrons. The van der Waals surface area contributed by atoms with Crippen molar-refractivity contribution in [3.8, 4) is 11.5 Å². The van der Waals surface area contributed by atoms with Crippen molar-refractivity contribution in [2.45, 2.75) is 77.9 Å². The highest BCUT2D eigenvalue weighted by Crippen LogP contribution is 2.40. The first-order chi connectivity index (χ1) is 16.2. The van der Waals surface area contributed by atoms with E-state index in [4.69, 9.17) is 9.47 Å². The molecule has 1 N–H and O–H groups in total. The fourth-order valence-corrected chi connectivity index (χ4v) is 5.55. The van der Waals surface area contributed by atoms with Gasteiger partial charge in [-0.1, -0.05) is 33.6 Å². The van der Waals surface area contributed by atoms with E-state index in [2.05, 4.69) is 26.1 Å². The predicted octanol–water partition coefficient (Wildman–Crippen LogP) is 4.61. The molecular formula is C27H39N3O4. The van der Waals surface area contributed by atoms with Crippen LogP contribution in [-0.4, -0.2) is 53.6 Å². The Hall–Kier alpha value is -2.70. The number of nitrogens with one attached hydrogen (secondary N) is 1. The molecular weight excluding hydrogens is 430 g/mol. The van der Waals surface area contributed by atoms with Gasteiger partial charge in [-0.2, -0.15) is 0 Å². The molecule has 3 atom stereocenters. The zero-order chi connectivity index (χ0) is 24.6. The molecule has 1 aromatic carbocycles. The van der Waals surface area contributed by atoms with Crippen LogP contribution in [0.1, 0.15) is 70.3 Å². The molecule has 3 unspecified atom stereocenters. The number of carbonyl (C=O) groups excluding carboxylic acids is 2. The van der Waals surface area contributed by atoms with Gasteiger partial charge in [0.2, 0.25) is 5.91 Å². The molecule has 1 saturated carbocycles. The molecule has 2 amide bonds. The first kappa shape index (κ1) is 24.4. The van der Waals surface area contributed by atoms with Crippen molar-refractivity contribution in [1.82, 2.24) is 14.8 Å². The number of benzene rings is 1. The van der Waals surface area contributed by atoms with Gasteiger partial charge in [-0.05, 0) is 56.2 Å². The van der Waals surface area contributed by atoms with E-state index >= 15 is 0 Å². The quantitative estimate of drug-likeness (QED) is 0.643. The normalized spacial score (nSPS) is 24.9.